The molecule has 148 valence electrons. The summed E-state index contributed by atoms with van der Waals surface area (Å²) in [5.41, 5.74) is -0.601. The van der Waals surface area contributed by atoms with E-state index in [0.717, 1.165) is 11.3 Å². The molecule has 0 bridgehead atoms. The molecule has 27 heavy (non-hydrogen) atoms. The molecule has 1 N–H and O–H groups in total. The Morgan fingerprint density at radius 3 is 2.63 bits per heavy atom. The standard InChI is InChI=1S/C17H25N5O4S/c1-7-12-20-13(10(3)19-16(24)26-17(4,5)6)22(21-12)15-18-9-11(27-15)14(23)25-8-2/h9-10H,7-8H2,1-6H3,(H,19,24)/t10-/m0/s1. The third-order valence-electron chi connectivity index (χ3n) is 3.26. The topological polar surface area (TPSA) is 108 Å². The maximum Gasteiger partial charge on any atom is 0.408 e. The van der Waals surface area contributed by atoms with Gasteiger partial charge in [-0.15, -0.1) is 5.10 Å². The van der Waals surface area contributed by atoms with Gasteiger partial charge in [0.15, 0.2) is 11.6 Å². The lowest BCUT2D eigenvalue weighted by atomic mass is 10.2. The van der Waals surface area contributed by atoms with Gasteiger partial charge in [0.25, 0.3) is 0 Å². The SMILES string of the molecule is CCOC(=O)c1cnc(-n2nc(CC)nc2[C@H](C)NC(=O)OC(C)(C)C)s1. The predicted molar refractivity (Wildman–Crippen MR) is 100 cm³/mol. The van der Waals surface area contributed by atoms with Crippen molar-refractivity contribution in [3.05, 3.63) is 22.7 Å². The Morgan fingerprint density at radius 1 is 1.33 bits per heavy atom. The molecule has 0 aliphatic rings. The van der Waals surface area contributed by atoms with E-state index in [0.29, 0.717) is 28.1 Å². The minimum absolute atomic E-state index is 0.289. The average molecular weight is 395 g/mol. The van der Waals surface area contributed by atoms with Gasteiger partial charge in [-0.05, 0) is 34.6 Å². The van der Waals surface area contributed by atoms with Gasteiger partial charge in [-0.25, -0.2) is 19.6 Å². The largest absolute Gasteiger partial charge is 0.462 e. The Balaban J connectivity index is 2.27. The number of thiazole rings is 1. The number of aryl methyl sites for hydroxylation is 1. The first-order chi connectivity index (χ1) is 12.6. The molecule has 0 unspecified atom stereocenters. The third kappa shape index (κ3) is 5.49. The van der Waals surface area contributed by atoms with Crippen LogP contribution in [0, 0.1) is 0 Å². The highest BCUT2D eigenvalue weighted by Crippen LogP contribution is 2.22. The molecule has 0 saturated carbocycles. The molecule has 0 radical (unpaired) electrons. The molecule has 1 atom stereocenters. The van der Waals surface area contributed by atoms with Crippen LogP contribution in [0.1, 0.15) is 68.9 Å². The molecule has 0 spiro atoms. The van der Waals surface area contributed by atoms with Crippen molar-refractivity contribution in [2.24, 2.45) is 0 Å². The van der Waals surface area contributed by atoms with Gasteiger partial charge in [0.05, 0.1) is 18.8 Å². The Kier molecular flexibility index (Phi) is 6.53. The van der Waals surface area contributed by atoms with Crippen molar-refractivity contribution in [3.63, 3.8) is 0 Å². The van der Waals surface area contributed by atoms with Crippen LogP contribution in [0.15, 0.2) is 6.20 Å². The fourth-order valence-electron chi connectivity index (χ4n) is 2.15. The highest BCUT2D eigenvalue weighted by Gasteiger charge is 2.24. The fourth-order valence-corrected chi connectivity index (χ4v) is 2.92. The van der Waals surface area contributed by atoms with Gasteiger partial charge in [-0.2, -0.15) is 4.68 Å². The lowest BCUT2D eigenvalue weighted by Crippen LogP contribution is -2.34. The van der Waals surface area contributed by atoms with E-state index in [1.807, 2.05) is 6.92 Å². The number of carbonyl (C=O) groups excluding carboxylic acids is 2. The zero-order valence-electron chi connectivity index (χ0n) is 16.4. The van der Waals surface area contributed by atoms with E-state index < -0.39 is 23.7 Å². The van der Waals surface area contributed by atoms with Gasteiger partial charge in [-0.3, -0.25) is 0 Å². The fraction of sp³-hybridized carbons (Fsp3) is 0.588. The van der Waals surface area contributed by atoms with E-state index in [9.17, 15) is 9.59 Å². The van der Waals surface area contributed by atoms with E-state index in [2.05, 4.69) is 20.4 Å². The summed E-state index contributed by atoms with van der Waals surface area (Å²) in [6.07, 6.45) is 1.52. The molecule has 0 saturated heterocycles. The molecule has 2 heterocycles. The maximum absolute atomic E-state index is 12.1. The zero-order valence-corrected chi connectivity index (χ0v) is 17.2. The van der Waals surface area contributed by atoms with Crippen LogP contribution in [0.4, 0.5) is 4.79 Å². The molecule has 9 nitrogen and oxygen atoms in total. The summed E-state index contributed by atoms with van der Waals surface area (Å²) in [6, 6.07) is -0.470. The van der Waals surface area contributed by atoms with Gasteiger partial charge in [0, 0.05) is 6.42 Å². The number of hydrogen-bond donors (Lipinski definition) is 1. The molecule has 2 aromatic rings. The van der Waals surface area contributed by atoms with E-state index in [1.54, 1.807) is 34.6 Å². The van der Waals surface area contributed by atoms with Crippen molar-refractivity contribution in [2.75, 3.05) is 6.61 Å². The van der Waals surface area contributed by atoms with Crippen LogP contribution in [0.5, 0.6) is 0 Å². The molecule has 0 aliphatic heterocycles. The number of nitrogens with zero attached hydrogens (tertiary/aromatic N) is 4. The van der Waals surface area contributed by atoms with Gasteiger partial charge in [0.2, 0.25) is 5.13 Å². The van der Waals surface area contributed by atoms with E-state index >= 15 is 0 Å². The molecule has 0 aliphatic carbocycles. The predicted octanol–water partition coefficient (Wildman–Crippen LogP) is 3.05. The van der Waals surface area contributed by atoms with Gasteiger partial charge in [-0.1, -0.05) is 18.3 Å². The Bertz CT molecular complexity index is 809. The number of amides is 1. The van der Waals surface area contributed by atoms with Crippen LogP contribution >= 0.6 is 11.3 Å². The highest BCUT2D eigenvalue weighted by atomic mass is 32.1. The van der Waals surface area contributed by atoms with Crippen molar-refractivity contribution in [2.45, 2.75) is 59.6 Å². The minimum Gasteiger partial charge on any atom is -0.462 e. The Labute approximate surface area is 162 Å². The monoisotopic (exact) mass is 395 g/mol. The molecule has 2 rings (SSSR count). The summed E-state index contributed by atoms with van der Waals surface area (Å²) in [7, 11) is 0. The number of esters is 1. The molecule has 1 amide bonds. The summed E-state index contributed by atoms with van der Waals surface area (Å²) in [5, 5.41) is 7.65. The minimum atomic E-state index is -0.601. The van der Waals surface area contributed by atoms with Crippen LogP contribution in [0.25, 0.3) is 5.13 Å². The normalized spacial score (nSPS) is 12.5. The van der Waals surface area contributed by atoms with Gasteiger partial charge in [0.1, 0.15) is 10.5 Å². The van der Waals surface area contributed by atoms with E-state index in [4.69, 9.17) is 9.47 Å². The van der Waals surface area contributed by atoms with E-state index in [-0.39, 0.29) is 6.61 Å². The first-order valence-electron chi connectivity index (χ1n) is 8.73. The Hall–Kier alpha value is -2.49. The number of aromatic nitrogens is 4. The quantitative estimate of drug-likeness (QED) is 0.749. The van der Waals surface area contributed by atoms with Crippen LogP contribution < -0.4 is 5.32 Å². The lowest BCUT2D eigenvalue weighted by molar-refractivity contribution is 0.0501. The highest BCUT2D eigenvalue weighted by molar-refractivity contribution is 7.15. The molecular weight excluding hydrogens is 370 g/mol. The summed E-state index contributed by atoms with van der Waals surface area (Å²) < 4.78 is 11.8. The van der Waals surface area contributed by atoms with Gasteiger partial charge >= 0.3 is 12.1 Å². The summed E-state index contributed by atoms with van der Waals surface area (Å²) in [6.45, 7) is 11.1. The second-order valence-corrected chi connectivity index (χ2v) is 7.76. The molecule has 0 fully saturated rings. The van der Waals surface area contributed by atoms with Crippen LogP contribution in [0.3, 0.4) is 0 Å². The lowest BCUT2D eigenvalue weighted by Gasteiger charge is -2.21. The van der Waals surface area contributed by atoms with Crippen LogP contribution in [-0.4, -0.2) is 44.0 Å². The van der Waals surface area contributed by atoms with Crippen molar-refractivity contribution in [3.8, 4) is 5.13 Å². The molecule has 0 aromatic carbocycles. The number of nitrogens with one attached hydrogen (secondary N) is 1. The molecule has 10 heteroatoms. The summed E-state index contributed by atoms with van der Waals surface area (Å²) in [4.78, 5) is 33.0. The Morgan fingerprint density at radius 2 is 2.04 bits per heavy atom. The second kappa shape index (κ2) is 8.47. The molecule has 2 aromatic heterocycles. The first kappa shape index (κ1) is 20.8. The number of alkyl carbamates (subject to hydrolysis) is 1. The maximum atomic E-state index is 12.1. The van der Waals surface area contributed by atoms with E-state index in [1.165, 1.54) is 10.9 Å². The van der Waals surface area contributed by atoms with Crippen molar-refractivity contribution < 1.29 is 19.1 Å². The molecular formula is C17H25N5O4S. The second-order valence-electron chi connectivity index (χ2n) is 6.75. The summed E-state index contributed by atoms with van der Waals surface area (Å²) >= 11 is 1.15. The number of carbonyl (C=O) groups is 2. The number of rotatable bonds is 6. The number of ether oxygens (including phenoxy) is 2. The van der Waals surface area contributed by atoms with Crippen LogP contribution in [-0.2, 0) is 15.9 Å². The van der Waals surface area contributed by atoms with Crippen molar-refractivity contribution in [1.29, 1.82) is 0 Å². The number of hydrogen-bond acceptors (Lipinski definition) is 8. The smallest absolute Gasteiger partial charge is 0.408 e. The zero-order chi connectivity index (χ0) is 20.2. The van der Waals surface area contributed by atoms with Crippen molar-refractivity contribution in [1.82, 2.24) is 25.1 Å². The van der Waals surface area contributed by atoms with Crippen molar-refractivity contribution >= 4 is 23.4 Å². The summed E-state index contributed by atoms with van der Waals surface area (Å²) in [5.74, 6) is 0.678. The average Bonchev–Trinajstić information content (AvgIpc) is 3.20. The van der Waals surface area contributed by atoms with Gasteiger partial charge < -0.3 is 14.8 Å². The first-order valence-corrected chi connectivity index (χ1v) is 9.55. The van der Waals surface area contributed by atoms with Crippen LogP contribution in [0.2, 0.25) is 0 Å². The third-order valence-corrected chi connectivity index (χ3v) is 4.22.